The van der Waals surface area contributed by atoms with Gasteiger partial charge in [0, 0.05) is 26.2 Å². The van der Waals surface area contributed by atoms with Crippen molar-refractivity contribution in [2.75, 3.05) is 20.2 Å². The zero-order valence-corrected chi connectivity index (χ0v) is 9.16. The first-order valence-electron chi connectivity index (χ1n) is 4.99. The van der Waals surface area contributed by atoms with E-state index in [0.717, 1.165) is 25.5 Å². The van der Waals surface area contributed by atoms with Gasteiger partial charge in [0.1, 0.15) is 0 Å². The quantitative estimate of drug-likeness (QED) is 0.283. The highest BCUT2D eigenvalue weighted by Crippen LogP contribution is 2.11. The molecule has 3 N–H and O–H groups in total. The largest absolute Gasteiger partial charge is 0.380 e. The van der Waals surface area contributed by atoms with Gasteiger partial charge >= 0.3 is 0 Å². The number of hydrogen-bond donors (Lipinski definition) is 2. The van der Waals surface area contributed by atoms with E-state index in [-0.39, 0.29) is 6.04 Å². The topological polar surface area (TPSA) is 62.9 Å². The SMILES string of the molecule is COC1CCN(C(=NC(C)C)NN)C1. The monoisotopic (exact) mass is 200 g/mol. The third kappa shape index (κ3) is 2.85. The highest BCUT2D eigenvalue weighted by molar-refractivity contribution is 5.79. The van der Waals surface area contributed by atoms with E-state index in [2.05, 4.69) is 15.3 Å². The molecule has 14 heavy (non-hydrogen) atoms. The van der Waals surface area contributed by atoms with Gasteiger partial charge in [0.15, 0.2) is 0 Å². The highest BCUT2D eigenvalue weighted by atomic mass is 16.5. The maximum absolute atomic E-state index is 5.42. The predicted molar refractivity (Wildman–Crippen MR) is 56.9 cm³/mol. The molecule has 0 radical (unpaired) electrons. The van der Waals surface area contributed by atoms with Gasteiger partial charge in [-0.2, -0.15) is 0 Å². The number of nitrogens with zero attached hydrogens (tertiary/aromatic N) is 2. The summed E-state index contributed by atoms with van der Waals surface area (Å²) in [5.41, 5.74) is 2.64. The number of likely N-dealkylation sites (tertiary alicyclic amines) is 1. The van der Waals surface area contributed by atoms with E-state index in [1.165, 1.54) is 0 Å². The van der Waals surface area contributed by atoms with Gasteiger partial charge in [-0.05, 0) is 20.3 Å². The van der Waals surface area contributed by atoms with Gasteiger partial charge in [-0.3, -0.25) is 5.43 Å². The molecule has 0 aromatic rings. The molecule has 0 bridgehead atoms. The van der Waals surface area contributed by atoms with Crippen molar-refractivity contribution < 1.29 is 4.74 Å². The van der Waals surface area contributed by atoms with Gasteiger partial charge in [-0.25, -0.2) is 10.8 Å². The zero-order chi connectivity index (χ0) is 10.6. The standard InChI is InChI=1S/C9H20N4O/c1-7(2)11-9(12-10)13-5-4-8(6-13)14-3/h7-8H,4-6,10H2,1-3H3,(H,11,12). The zero-order valence-electron chi connectivity index (χ0n) is 9.16. The molecule has 1 heterocycles. The molecule has 5 heteroatoms. The molecule has 1 fully saturated rings. The molecule has 82 valence electrons. The van der Waals surface area contributed by atoms with Crippen LogP contribution in [0.25, 0.3) is 0 Å². The lowest BCUT2D eigenvalue weighted by molar-refractivity contribution is 0.114. The van der Waals surface area contributed by atoms with Crippen LogP contribution in [0.1, 0.15) is 20.3 Å². The Kier molecular flexibility index (Phi) is 4.16. The Morgan fingerprint density at radius 3 is 2.79 bits per heavy atom. The van der Waals surface area contributed by atoms with Crippen LogP contribution < -0.4 is 11.3 Å². The summed E-state index contributed by atoms with van der Waals surface area (Å²) in [7, 11) is 1.74. The second-order valence-electron chi connectivity index (χ2n) is 3.78. The summed E-state index contributed by atoms with van der Waals surface area (Å²) in [6.07, 6.45) is 1.34. The fraction of sp³-hybridized carbons (Fsp3) is 0.889. The summed E-state index contributed by atoms with van der Waals surface area (Å²) >= 11 is 0. The van der Waals surface area contributed by atoms with Crippen LogP contribution in [-0.4, -0.2) is 43.2 Å². The van der Waals surface area contributed by atoms with E-state index >= 15 is 0 Å². The number of nitrogens with two attached hydrogens (primary N) is 1. The Hall–Kier alpha value is -0.810. The van der Waals surface area contributed by atoms with E-state index in [4.69, 9.17) is 10.6 Å². The molecule has 0 aromatic carbocycles. The number of rotatable bonds is 2. The number of hydrazine groups is 1. The molecule has 0 aromatic heterocycles. The van der Waals surface area contributed by atoms with E-state index in [9.17, 15) is 0 Å². The molecule has 1 unspecified atom stereocenters. The first-order valence-corrected chi connectivity index (χ1v) is 4.99. The Bertz CT molecular complexity index is 205. The molecule has 0 spiro atoms. The number of methoxy groups -OCH3 is 1. The van der Waals surface area contributed by atoms with Crippen LogP contribution in [0.4, 0.5) is 0 Å². The van der Waals surface area contributed by atoms with E-state index in [1.807, 2.05) is 13.8 Å². The molecular weight excluding hydrogens is 180 g/mol. The maximum Gasteiger partial charge on any atom is 0.208 e. The fourth-order valence-corrected chi connectivity index (χ4v) is 1.57. The number of guanidine groups is 1. The van der Waals surface area contributed by atoms with Crippen molar-refractivity contribution in [3.8, 4) is 0 Å². The molecule has 0 saturated carbocycles. The minimum atomic E-state index is 0.252. The molecule has 5 nitrogen and oxygen atoms in total. The van der Waals surface area contributed by atoms with Crippen LogP contribution in [0.2, 0.25) is 0 Å². The second kappa shape index (κ2) is 5.17. The summed E-state index contributed by atoms with van der Waals surface area (Å²) in [5, 5.41) is 0. The molecule has 0 aliphatic carbocycles. The van der Waals surface area contributed by atoms with Crippen LogP contribution in [0.3, 0.4) is 0 Å². The molecule has 1 aliphatic heterocycles. The molecule has 1 rings (SSSR count). The van der Waals surface area contributed by atoms with Gasteiger partial charge in [-0.1, -0.05) is 0 Å². The summed E-state index contributed by atoms with van der Waals surface area (Å²) in [4.78, 5) is 6.52. The summed E-state index contributed by atoms with van der Waals surface area (Å²) in [6, 6.07) is 0.252. The Morgan fingerprint density at radius 2 is 2.36 bits per heavy atom. The minimum absolute atomic E-state index is 0.252. The van der Waals surface area contributed by atoms with Gasteiger partial charge in [-0.15, -0.1) is 0 Å². The third-order valence-corrected chi connectivity index (χ3v) is 2.29. The van der Waals surface area contributed by atoms with Crippen LogP contribution in [-0.2, 0) is 4.74 Å². The molecular formula is C9H20N4O. The number of ether oxygens (including phenoxy) is 1. The Labute approximate surface area is 85.3 Å². The smallest absolute Gasteiger partial charge is 0.208 e. The maximum atomic E-state index is 5.42. The lowest BCUT2D eigenvalue weighted by atomic mass is 10.3. The van der Waals surface area contributed by atoms with Gasteiger partial charge in [0.05, 0.1) is 6.10 Å². The lowest BCUT2D eigenvalue weighted by Gasteiger charge is -2.20. The van der Waals surface area contributed by atoms with Gasteiger partial charge < -0.3 is 9.64 Å². The van der Waals surface area contributed by atoms with Crippen molar-refractivity contribution in [3.05, 3.63) is 0 Å². The fourth-order valence-electron chi connectivity index (χ4n) is 1.57. The molecule has 1 atom stereocenters. The Morgan fingerprint density at radius 1 is 1.64 bits per heavy atom. The highest BCUT2D eigenvalue weighted by Gasteiger charge is 2.24. The van der Waals surface area contributed by atoms with Crippen LogP contribution in [0, 0.1) is 0 Å². The van der Waals surface area contributed by atoms with Crippen molar-refractivity contribution in [3.63, 3.8) is 0 Å². The predicted octanol–water partition coefficient (Wildman–Crippen LogP) is -0.0652. The van der Waals surface area contributed by atoms with E-state index in [0.29, 0.717) is 6.10 Å². The van der Waals surface area contributed by atoms with Crippen molar-refractivity contribution in [2.24, 2.45) is 10.8 Å². The van der Waals surface area contributed by atoms with Crippen LogP contribution in [0.15, 0.2) is 4.99 Å². The van der Waals surface area contributed by atoms with Gasteiger partial charge in [0.25, 0.3) is 0 Å². The third-order valence-electron chi connectivity index (χ3n) is 2.29. The number of hydrogen-bond acceptors (Lipinski definition) is 3. The first kappa shape index (κ1) is 11.3. The van der Waals surface area contributed by atoms with Crippen LogP contribution >= 0.6 is 0 Å². The van der Waals surface area contributed by atoms with Crippen molar-refractivity contribution in [2.45, 2.75) is 32.4 Å². The van der Waals surface area contributed by atoms with Crippen molar-refractivity contribution >= 4 is 5.96 Å². The average Bonchev–Trinajstić information content (AvgIpc) is 2.62. The van der Waals surface area contributed by atoms with Crippen molar-refractivity contribution in [1.29, 1.82) is 0 Å². The van der Waals surface area contributed by atoms with E-state index in [1.54, 1.807) is 7.11 Å². The Balaban J connectivity index is 2.55. The minimum Gasteiger partial charge on any atom is -0.380 e. The average molecular weight is 200 g/mol. The summed E-state index contributed by atoms with van der Waals surface area (Å²) < 4.78 is 5.28. The number of nitrogens with one attached hydrogen (secondary N) is 1. The van der Waals surface area contributed by atoms with Crippen LogP contribution in [0.5, 0.6) is 0 Å². The molecule has 1 saturated heterocycles. The molecule has 0 amide bonds. The van der Waals surface area contributed by atoms with Gasteiger partial charge in [0.2, 0.25) is 5.96 Å². The molecule has 1 aliphatic rings. The second-order valence-corrected chi connectivity index (χ2v) is 3.78. The first-order chi connectivity index (χ1) is 6.67. The summed E-state index contributed by atoms with van der Waals surface area (Å²) in [5.74, 6) is 6.19. The number of aliphatic imine (C=N–C) groups is 1. The van der Waals surface area contributed by atoms with Crippen molar-refractivity contribution in [1.82, 2.24) is 10.3 Å². The van der Waals surface area contributed by atoms with E-state index < -0.39 is 0 Å². The normalized spacial score (nSPS) is 23.4. The lowest BCUT2D eigenvalue weighted by Crippen LogP contribution is -2.44. The summed E-state index contributed by atoms with van der Waals surface area (Å²) in [6.45, 7) is 5.88.